The molecule has 0 saturated heterocycles. The largest absolute Gasteiger partial charge is 0.481 e. The number of carbonyl (C=O) groups is 1. The third kappa shape index (κ3) is 4.67. The van der Waals surface area contributed by atoms with Crippen molar-refractivity contribution in [1.82, 2.24) is 14.8 Å². The van der Waals surface area contributed by atoms with Crippen LogP contribution in [0.2, 0.25) is 5.02 Å². The molecule has 2 aromatic heterocycles. The van der Waals surface area contributed by atoms with Crippen molar-refractivity contribution < 1.29 is 23.1 Å². The lowest BCUT2D eigenvalue weighted by Gasteiger charge is -2.08. The van der Waals surface area contributed by atoms with Crippen molar-refractivity contribution in [1.29, 1.82) is 0 Å². The first-order chi connectivity index (χ1) is 12.6. The lowest BCUT2D eigenvalue weighted by molar-refractivity contribution is -0.138. The topological polar surface area (TPSA) is 68.0 Å². The molecular weight excluding hydrogens is 403 g/mol. The van der Waals surface area contributed by atoms with E-state index in [4.69, 9.17) is 16.7 Å². The van der Waals surface area contributed by atoms with Gasteiger partial charge >= 0.3 is 12.1 Å². The number of alkyl halides is 3. The number of hydrogen-bond donors (Lipinski definition) is 1. The van der Waals surface area contributed by atoms with Crippen LogP contribution in [0.4, 0.5) is 13.2 Å². The van der Waals surface area contributed by atoms with Gasteiger partial charge in [-0.15, -0.1) is 11.3 Å². The van der Waals surface area contributed by atoms with Crippen molar-refractivity contribution in [3.63, 3.8) is 0 Å². The maximum atomic E-state index is 13.0. The van der Waals surface area contributed by atoms with Crippen LogP contribution in [-0.4, -0.2) is 25.8 Å². The van der Waals surface area contributed by atoms with Crippen LogP contribution < -0.4 is 0 Å². The first kappa shape index (κ1) is 19.4. The molecule has 2 heterocycles. The summed E-state index contributed by atoms with van der Waals surface area (Å²) in [5, 5.41) is 13.3. The Kier molecular flexibility index (Phi) is 5.25. The number of aliphatic carboxylic acids is 1. The second-order valence-electron chi connectivity index (χ2n) is 5.86. The van der Waals surface area contributed by atoms with E-state index < -0.39 is 17.7 Å². The van der Waals surface area contributed by atoms with E-state index in [1.807, 2.05) is 6.92 Å². The molecule has 0 aliphatic heterocycles. The number of nitrogens with zero attached hydrogens (tertiary/aromatic N) is 3. The van der Waals surface area contributed by atoms with E-state index in [-0.39, 0.29) is 18.0 Å². The van der Waals surface area contributed by atoms with E-state index >= 15 is 0 Å². The van der Waals surface area contributed by atoms with Crippen LogP contribution in [0.1, 0.15) is 21.7 Å². The molecule has 0 fully saturated rings. The first-order valence-electron chi connectivity index (χ1n) is 7.69. The van der Waals surface area contributed by atoms with E-state index in [2.05, 4.69) is 10.1 Å². The predicted molar refractivity (Wildman–Crippen MR) is 95.0 cm³/mol. The van der Waals surface area contributed by atoms with Gasteiger partial charge in [-0.05, 0) is 25.1 Å². The molecule has 3 rings (SSSR count). The molecule has 0 spiro atoms. The number of hydrogen-bond acceptors (Lipinski definition) is 4. The van der Waals surface area contributed by atoms with Crippen LogP contribution in [0.15, 0.2) is 30.6 Å². The quantitative estimate of drug-likeness (QED) is 0.658. The Morgan fingerprint density at radius 2 is 2.07 bits per heavy atom. The second-order valence-corrected chi connectivity index (χ2v) is 7.50. The SMILES string of the molecule is Cc1sc(-c2cc(Cl)cc(C(F)(F)F)c2)nc1Cn1cc(CC(=O)O)cn1. The van der Waals surface area contributed by atoms with Crippen LogP contribution in [0.5, 0.6) is 0 Å². The predicted octanol–water partition coefficient (Wildman–Crippen LogP) is 4.66. The average molecular weight is 416 g/mol. The Labute approximate surface area is 161 Å². The summed E-state index contributed by atoms with van der Waals surface area (Å²) in [6, 6.07) is 3.34. The van der Waals surface area contributed by atoms with E-state index in [1.54, 1.807) is 10.9 Å². The Hall–Kier alpha value is -2.39. The molecule has 27 heavy (non-hydrogen) atoms. The molecule has 0 amide bonds. The van der Waals surface area contributed by atoms with Gasteiger partial charge in [-0.1, -0.05) is 11.6 Å². The van der Waals surface area contributed by atoms with Gasteiger partial charge in [0.2, 0.25) is 0 Å². The van der Waals surface area contributed by atoms with Gasteiger partial charge in [0.1, 0.15) is 5.01 Å². The number of aryl methyl sites for hydroxylation is 1. The van der Waals surface area contributed by atoms with Crippen LogP contribution in [0.25, 0.3) is 10.6 Å². The fourth-order valence-corrected chi connectivity index (χ4v) is 3.63. The highest BCUT2D eigenvalue weighted by atomic mass is 35.5. The Bertz CT molecular complexity index is 998. The van der Waals surface area contributed by atoms with Crippen molar-refractivity contribution in [3.8, 4) is 10.6 Å². The molecule has 3 aromatic rings. The summed E-state index contributed by atoms with van der Waals surface area (Å²) in [5.74, 6) is -0.955. The summed E-state index contributed by atoms with van der Waals surface area (Å²) < 4.78 is 40.5. The lowest BCUT2D eigenvalue weighted by Crippen LogP contribution is -2.05. The highest BCUT2D eigenvalue weighted by molar-refractivity contribution is 7.15. The van der Waals surface area contributed by atoms with Crippen molar-refractivity contribution >= 4 is 28.9 Å². The summed E-state index contributed by atoms with van der Waals surface area (Å²) in [4.78, 5) is 16.0. The summed E-state index contributed by atoms with van der Waals surface area (Å²) in [6.45, 7) is 2.10. The van der Waals surface area contributed by atoms with Gasteiger partial charge in [-0.2, -0.15) is 18.3 Å². The third-order valence-electron chi connectivity index (χ3n) is 3.72. The molecule has 0 atom stereocenters. The number of carboxylic acid groups (broad SMARTS) is 1. The molecule has 0 saturated carbocycles. The molecule has 0 radical (unpaired) electrons. The van der Waals surface area contributed by atoms with Gasteiger partial charge in [0.25, 0.3) is 0 Å². The highest BCUT2D eigenvalue weighted by Gasteiger charge is 2.31. The standard InChI is InChI=1S/C17H13ClF3N3O2S/c1-9-14(8-24-7-10(6-22-24)2-15(25)26)23-16(27-9)11-3-12(17(19,20)21)5-13(18)4-11/h3-7H,2,8H2,1H3,(H,25,26). The average Bonchev–Trinajstić information content (AvgIpc) is 3.13. The smallest absolute Gasteiger partial charge is 0.416 e. The minimum absolute atomic E-state index is 0.0142. The molecule has 0 aliphatic carbocycles. The second kappa shape index (κ2) is 7.32. The molecule has 0 aliphatic rings. The Morgan fingerprint density at radius 3 is 2.74 bits per heavy atom. The maximum absolute atomic E-state index is 13.0. The zero-order valence-corrected chi connectivity index (χ0v) is 15.5. The normalized spacial score (nSPS) is 11.7. The van der Waals surface area contributed by atoms with Crippen molar-refractivity contribution in [3.05, 3.63) is 57.3 Å². The van der Waals surface area contributed by atoms with Gasteiger partial charge in [0.15, 0.2) is 0 Å². The summed E-state index contributed by atoms with van der Waals surface area (Å²) >= 11 is 7.10. The monoisotopic (exact) mass is 415 g/mol. The molecule has 5 nitrogen and oxygen atoms in total. The van der Waals surface area contributed by atoms with Crippen LogP contribution in [0, 0.1) is 6.92 Å². The van der Waals surface area contributed by atoms with Crippen molar-refractivity contribution in [2.24, 2.45) is 0 Å². The molecule has 1 aromatic carbocycles. The van der Waals surface area contributed by atoms with Gasteiger partial charge in [-0.25, -0.2) is 4.98 Å². The van der Waals surface area contributed by atoms with Gasteiger partial charge < -0.3 is 5.11 Å². The van der Waals surface area contributed by atoms with E-state index in [0.29, 0.717) is 21.8 Å². The number of carboxylic acids is 1. The molecular formula is C17H13ClF3N3O2S. The third-order valence-corrected chi connectivity index (χ3v) is 5.00. The van der Waals surface area contributed by atoms with Crippen LogP contribution in [0.3, 0.4) is 0 Å². The van der Waals surface area contributed by atoms with Gasteiger partial charge in [-0.3, -0.25) is 9.48 Å². The van der Waals surface area contributed by atoms with E-state index in [9.17, 15) is 18.0 Å². The fraction of sp³-hybridized carbons (Fsp3) is 0.235. The maximum Gasteiger partial charge on any atom is 0.416 e. The zero-order chi connectivity index (χ0) is 19.8. The molecule has 10 heteroatoms. The molecule has 0 bridgehead atoms. The van der Waals surface area contributed by atoms with Gasteiger partial charge in [0.05, 0.1) is 30.4 Å². The Morgan fingerprint density at radius 1 is 1.33 bits per heavy atom. The number of rotatable bonds is 5. The Balaban J connectivity index is 1.88. The summed E-state index contributed by atoms with van der Waals surface area (Å²) in [5.41, 5.74) is 0.666. The van der Waals surface area contributed by atoms with Crippen LogP contribution in [-0.2, 0) is 23.9 Å². The molecule has 142 valence electrons. The number of thiazole rings is 1. The lowest BCUT2D eigenvalue weighted by atomic mass is 10.1. The van der Waals surface area contributed by atoms with Crippen molar-refractivity contribution in [2.75, 3.05) is 0 Å². The van der Waals surface area contributed by atoms with E-state index in [0.717, 1.165) is 17.0 Å². The highest BCUT2D eigenvalue weighted by Crippen LogP contribution is 2.36. The van der Waals surface area contributed by atoms with E-state index in [1.165, 1.54) is 23.6 Å². The number of aromatic nitrogens is 3. The molecule has 1 N–H and O–H groups in total. The first-order valence-corrected chi connectivity index (χ1v) is 8.89. The molecule has 0 unspecified atom stereocenters. The summed E-state index contributed by atoms with van der Waals surface area (Å²) in [7, 11) is 0. The van der Waals surface area contributed by atoms with Gasteiger partial charge in [0, 0.05) is 27.2 Å². The number of benzene rings is 1. The minimum atomic E-state index is -4.50. The fourth-order valence-electron chi connectivity index (χ4n) is 2.49. The summed E-state index contributed by atoms with van der Waals surface area (Å²) in [6.07, 6.45) is -1.56. The number of halogens is 4. The minimum Gasteiger partial charge on any atom is -0.481 e. The van der Waals surface area contributed by atoms with Crippen LogP contribution >= 0.6 is 22.9 Å². The zero-order valence-electron chi connectivity index (χ0n) is 13.9. The van der Waals surface area contributed by atoms with Crippen molar-refractivity contribution in [2.45, 2.75) is 26.1 Å².